The molecule has 0 saturated carbocycles. The van der Waals surface area contributed by atoms with E-state index in [1.54, 1.807) is 0 Å². The van der Waals surface area contributed by atoms with Crippen molar-refractivity contribution in [1.29, 1.82) is 0 Å². The third-order valence-corrected chi connectivity index (χ3v) is 7.37. The molecule has 0 heterocycles. The summed E-state index contributed by atoms with van der Waals surface area (Å²) in [5.74, 6) is 0. The van der Waals surface area contributed by atoms with Gasteiger partial charge in [-0.3, -0.25) is 0 Å². The van der Waals surface area contributed by atoms with Gasteiger partial charge in [-0.05, 0) is 36.4 Å². The van der Waals surface area contributed by atoms with Crippen LogP contribution in [0.5, 0.6) is 0 Å². The number of rotatable bonds is 6. The van der Waals surface area contributed by atoms with Crippen LogP contribution in [0.2, 0.25) is 0 Å². The van der Waals surface area contributed by atoms with E-state index in [2.05, 4.69) is 36.4 Å². The molecule has 0 N–H and O–H groups in total. The van der Waals surface area contributed by atoms with Gasteiger partial charge in [-0.15, -0.1) is 6.61 Å². The van der Waals surface area contributed by atoms with Crippen molar-refractivity contribution in [2.24, 2.45) is 0 Å². The van der Waals surface area contributed by atoms with E-state index in [1.807, 2.05) is 54.6 Å². The number of hydrogen-bond acceptors (Lipinski definition) is 2. The van der Waals surface area contributed by atoms with E-state index in [0.717, 1.165) is 15.9 Å². The topological polar surface area (TPSA) is 32.3 Å². The Morgan fingerprint density at radius 1 is 0.609 bits per heavy atom. The molecule has 0 unspecified atom stereocenters. The lowest BCUT2D eigenvalue weighted by Gasteiger charge is -2.26. The van der Waals surface area contributed by atoms with Gasteiger partial charge in [-0.1, -0.05) is 54.6 Å². The molecule has 0 fully saturated rings. The van der Waals surface area contributed by atoms with Crippen LogP contribution in [0.25, 0.3) is 0 Å². The summed E-state index contributed by atoms with van der Waals surface area (Å²) < 4.78 is 6.34. The van der Waals surface area contributed by atoms with E-state index >= 15 is 0 Å². The molecule has 0 saturated heterocycles. The Hall–Kier alpha value is -1.99. The molecule has 23 heavy (non-hydrogen) atoms. The van der Waals surface area contributed by atoms with Crippen molar-refractivity contribution in [3.05, 3.63) is 91.0 Å². The largest absolute Gasteiger partial charge is 0.853 e. The molecule has 0 atom stereocenters. The van der Waals surface area contributed by atoms with Crippen molar-refractivity contribution in [1.82, 2.24) is 0 Å². The molecule has 0 aliphatic carbocycles. The minimum absolute atomic E-state index is 0.201. The first-order valence-corrected chi connectivity index (χ1v) is 9.37. The zero-order valence-electron chi connectivity index (χ0n) is 12.8. The molecule has 116 valence electrons. The molecule has 0 aromatic heterocycles. The highest BCUT2D eigenvalue weighted by Gasteiger charge is 2.47. The Labute approximate surface area is 137 Å². The Morgan fingerprint density at radius 3 is 1.26 bits per heavy atom. The predicted octanol–water partition coefficient (Wildman–Crippen LogP) is 2.27. The van der Waals surface area contributed by atoms with Gasteiger partial charge in [-0.25, -0.2) is 4.52 Å². The number of benzene rings is 3. The Bertz CT molecular complexity index is 618. The maximum absolute atomic E-state index is 11.2. The quantitative estimate of drug-likeness (QED) is 0.652. The van der Waals surface area contributed by atoms with Gasteiger partial charge >= 0.3 is 0 Å². The first-order chi connectivity index (χ1) is 11.4. The smallest absolute Gasteiger partial charge is 0.242 e. The highest BCUT2D eigenvalue weighted by molar-refractivity contribution is 7.91. The van der Waals surface area contributed by atoms with Gasteiger partial charge in [0.2, 0.25) is 7.49 Å². The normalized spacial score (nSPS) is 11.3. The van der Waals surface area contributed by atoms with E-state index in [9.17, 15) is 5.11 Å². The lowest BCUT2D eigenvalue weighted by molar-refractivity contribution is -0.370. The second-order valence-corrected chi connectivity index (χ2v) is 8.18. The fourth-order valence-corrected chi connectivity index (χ4v) is 6.22. The molecule has 3 aromatic carbocycles. The first kappa shape index (κ1) is 15.9. The van der Waals surface area contributed by atoms with E-state index < -0.39 is 7.49 Å². The second kappa shape index (κ2) is 7.52. The van der Waals surface area contributed by atoms with Crippen LogP contribution in [0, 0.1) is 0 Å². The fraction of sp³-hybridized carbons (Fsp3) is 0.100. The van der Waals surface area contributed by atoms with Crippen LogP contribution in [0.1, 0.15) is 0 Å². The maximum Gasteiger partial charge on any atom is 0.242 e. The van der Waals surface area contributed by atoms with Crippen LogP contribution in [0.3, 0.4) is 0 Å². The molecule has 3 aromatic rings. The summed E-state index contributed by atoms with van der Waals surface area (Å²) in [5, 5.41) is 14.6. The van der Waals surface area contributed by atoms with Crippen molar-refractivity contribution in [3.63, 3.8) is 0 Å². The van der Waals surface area contributed by atoms with Crippen LogP contribution in [-0.4, -0.2) is 13.2 Å². The molecule has 0 aliphatic rings. The molecule has 0 aliphatic heterocycles. The lowest BCUT2D eigenvalue weighted by atomic mass is 10.4. The van der Waals surface area contributed by atoms with Gasteiger partial charge in [0.15, 0.2) is 0 Å². The zero-order chi connectivity index (χ0) is 16.0. The van der Waals surface area contributed by atoms with Crippen LogP contribution in [0.15, 0.2) is 91.0 Å². The van der Waals surface area contributed by atoms with Gasteiger partial charge in [0, 0.05) is 0 Å². The lowest BCUT2D eigenvalue weighted by Crippen LogP contribution is -2.34. The van der Waals surface area contributed by atoms with E-state index in [4.69, 9.17) is 4.52 Å². The molecule has 3 rings (SSSR count). The first-order valence-electron chi connectivity index (χ1n) is 7.66. The summed E-state index contributed by atoms with van der Waals surface area (Å²) in [6, 6.07) is 30.7. The van der Waals surface area contributed by atoms with Crippen LogP contribution in [-0.2, 0) is 4.52 Å². The molecular weight excluding hydrogens is 303 g/mol. The standard InChI is InChI=1S/C20H19O2P/c21-16-17-22-23(18-10-4-1-5-11-18,19-12-6-2-7-13-19)20-14-8-3-9-15-20/h1-15H,16-17H2. The van der Waals surface area contributed by atoms with Gasteiger partial charge in [0.05, 0.1) is 6.61 Å². The van der Waals surface area contributed by atoms with Crippen molar-refractivity contribution >= 4 is 23.4 Å². The highest BCUT2D eigenvalue weighted by Crippen LogP contribution is 2.56. The van der Waals surface area contributed by atoms with Gasteiger partial charge in [0.25, 0.3) is 0 Å². The second-order valence-electron chi connectivity index (χ2n) is 5.15. The minimum Gasteiger partial charge on any atom is -0.853 e. The Kier molecular flexibility index (Phi) is 5.19. The average molecular weight is 322 g/mol. The van der Waals surface area contributed by atoms with E-state index in [-0.39, 0.29) is 13.2 Å². The third-order valence-electron chi connectivity index (χ3n) is 3.73. The zero-order valence-corrected chi connectivity index (χ0v) is 13.7. The van der Waals surface area contributed by atoms with Gasteiger partial charge < -0.3 is 5.11 Å². The SMILES string of the molecule is [O-]CCO[P+](c1ccccc1)(c1ccccc1)c1ccccc1. The van der Waals surface area contributed by atoms with Crippen molar-refractivity contribution < 1.29 is 9.63 Å². The Morgan fingerprint density at radius 2 is 0.957 bits per heavy atom. The van der Waals surface area contributed by atoms with E-state index in [1.165, 1.54) is 0 Å². The minimum atomic E-state index is -2.27. The van der Waals surface area contributed by atoms with Crippen LogP contribution >= 0.6 is 7.49 Å². The van der Waals surface area contributed by atoms with E-state index in [0.29, 0.717) is 0 Å². The van der Waals surface area contributed by atoms with Crippen molar-refractivity contribution in [2.45, 2.75) is 0 Å². The average Bonchev–Trinajstić information content (AvgIpc) is 2.65. The molecule has 0 spiro atoms. The molecule has 2 nitrogen and oxygen atoms in total. The molecule has 0 amide bonds. The fourth-order valence-electron chi connectivity index (χ4n) is 2.76. The van der Waals surface area contributed by atoms with Gasteiger partial charge in [0.1, 0.15) is 15.9 Å². The molecule has 0 bridgehead atoms. The summed E-state index contributed by atoms with van der Waals surface area (Å²) in [7, 11) is -2.27. The molecule has 3 heteroatoms. The summed E-state index contributed by atoms with van der Waals surface area (Å²) in [6.07, 6.45) is 0. The Balaban J connectivity index is 2.25. The summed E-state index contributed by atoms with van der Waals surface area (Å²) in [5.41, 5.74) is 0. The monoisotopic (exact) mass is 322 g/mol. The van der Waals surface area contributed by atoms with Crippen LogP contribution in [0.4, 0.5) is 0 Å². The summed E-state index contributed by atoms with van der Waals surface area (Å²) >= 11 is 0. The highest BCUT2D eigenvalue weighted by atomic mass is 31.2. The summed E-state index contributed by atoms with van der Waals surface area (Å²) in [4.78, 5) is 0. The third kappa shape index (κ3) is 3.20. The molecular formula is C20H19O2P. The summed E-state index contributed by atoms with van der Waals surface area (Å²) in [6.45, 7) is -0.0410. The predicted molar refractivity (Wildman–Crippen MR) is 96.0 cm³/mol. The molecule has 0 radical (unpaired) electrons. The van der Waals surface area contributed by atoms with Crippen molar-refractivity contribution in [2.75, 3.05) is 13.2 Å². The van der Waals surface area contributed by atoms with Gasteiger partial charge in [-0.2, -0.15) is 0 Å². The number of hydrogen-bond donors (Lipinski definition) is 0. The van der Waals surface area contributed by atoms with Crippen molar-refractivity contribution in [3.8, 4) is 0 Å². The van der Waals surface area contributed by atoms with Crippen LogP contribution < -0.4 is 21.0 Å². The maximum atomic E-state index is 11.2.